The number of hydrogen-bond acceptors (Lipinski definition) is 4. The smallest absolute Gasteiger partial charge is 0.225 e. The number of likely N-dealkylation sites (tertiary alicyclic amines) is 1. The third kappa shape index (κ3) is 4.70. The minimum absolute atomic E-state index is 0.107. The van der Waals surface area contributed by atoms with Crippen molar-refractivity contribution < 1.29 is 14.3 Å². The van der Waals surface area contributed by atoms with Crippen molar-refractivity contribution in [2.45, 2.75) is 70.0 Å². The minimum Gasteiger partial charge on any atom is -0.348 e. The maximum atomic E-state index is 13.4. The van der Waals surface area contributed by atoms with Gasteiger partial charge in [-0.2, -0.15) is 0 Å². The summed E-state index contributed by atoms with van der Waals surface area (Å²) < 4.78 is 14.0. The minimum atomic E-state index is -0.405. The van der Waals surface area contributed by atoms with E-state index in [0.717, 1.165) is 68.9 Å². The van der Waals surface area contributed by atoms with Gasteiger partial charge in [0.25, 0.3) is 0 Å². The fourth-order valence-electron chi connectivity index (χ4n) is 7.02. The molecule has 2 aliphatic heterocycles. The molecule has 1 spiro atoms. The number of halogens is 2. The van der Waals surface area contributed by atoms with E-state index in [2.05, 4.69) is 61.9 Å². The first kappa shape index (κ1) is 25.0. The summed E-state index contributed by atoms with van der Waals surface area (Å²) in [5, 5.41) is 0. The van der Waals surface area contributed by atoms with Gasteiger partial charge in [-0.1, -0.05) is 22.0 Å². The van der Waals surface area contributed by atoms with E-state index >= 15 is 0 Å². The summed E-state index contributed by atoms with van der Waals surface area (Å²) in [6.07, 6.45) is 9.42. The quantitative estimate of drug-likeness (QED) is 0.396. The summed E-state index contributed by atoms with van der Waals surface area (Å²) in [5.74, 6) is 0.756. The van der Waals surface area contributed by atoms with Gasteiger partial charge in [-0.3, -0.25) is 9.78 Å². The second kappa shape index (κ2) is 10.1. The average Bonchev–Trinajstić information content (AvgIpc) is 3.26. The molecule has 0 unspecified atom stereocenters. The van der Waals surface area contributed by atoms with Crippen LogP contribution in [-0.2, 0) is 27.1 Å². The standard InChI is InChI=1S/C29H34Br2N2O3/c1-18-14-21-2-3-22-16-23(30)17-32-27(22)26(25(21)24(31)15-18)19-6-10-33(11-7-19)28(34)20-4-8-29(9-5-20)35-12-13-36-29/h14-17,19-20,26H,2-13H2,1H3/t26-/m1/s1. The second-order valence-corrected chi connectivity index (χ2v) is 12.8. The van der Waals surface area contributed by atoms with E-state index < -0.39 is 5.79 Å². The Morgan fingerprint density at radius 1 is 1.00 bits per heavy atom. The van der Waals surface area contributed by atoms with Crippen molar-refractivity contribution in [3.63, 3.8) is 0 Å². The molecular formula is C29H34Br2N2O3. The first-order valence-corrected chi connectivity index (χ1v) is 15.0. The Morgan fingerprint density at radius 2 is 1.69 bits per heavy atom. The molecule has 3 heterocycles. The lowest BCUT2D eigenvalue weighted by Crippen LogP contribution is -2.45. The van der Waals surface area contributed by atoms with Crippen LogP contribution in [0, 0.1) is 18.8 Å². The summed E-state index contributed by atoms with van der Waals surface area (Å²) in [6.45, 7) is 5.20. The fraction of sp³-hybridized carbons (Fsp3) is 0.586. The fourth-order valence-corrected chi connectivity index (χ4v) is 8.26. The van der Waals surface area contributed by atoms with Gasteiger partial charge in [0.1, 0.15) is 0 Å². The molecule has 2 aromatic rings. The van der Waals surface area contributed by atoms with Crippen LogP contribution in [0.1, 0.15) is 72.4 Å². The molecule has 7 heteroatoms. The molecule has 6 rings (SSSR count). The molecule has 3 fully saturated rings. The predicted molar refractivity (Wildman–Crippen MR) is 146 cm³/mol. The Balaban J connectivity index is 1.20. The molecule has 36 heavy (non-hydrogen) atoms. The van der Waals surface area contributed by atoms with Crippen LogP contribution in [0.2, 0.25) is 0 Å². The van der Waals surface area contributed by atoms with Crippen molar-refractivity contribution >= 4 is 37.8 Å². The number of piperidine rings is 1. The highest BCUT2D eigenvalue weighted by Gasteiger charge is 2.43. The van der Waals surface area contributed by atoms with Gasteiger partial charge in [-0.05, 0) is 102 Å². The molecule has 2 aliphatic carbocycles. The normalized spacial score (nSPS) is 24.4. The molecule has 4 aliphatic rings. The summed E-state index contributed by atoms with van der Waals surface area (Å²) in [5.41, 5.74) is 6.71. The van der Waals surface area contributed by atoms with E-state index in [0.29, 0.717) is 25.0 Å². The Labute approximate surface area is 230 Å². The first-order valence-electron chi connectivity index (χ1n) is 13.4. The lowest BCUT2D eigenvalue weighted by molar-refractivity contribution is -0.185. The number of amides is 1. The van der Waals surface area contributed by atoms with E-state index in [9.17, 15) is 4.79 Å². The predicted octanol–water partition coefficient (Wildman–Crippen LogP) is 6.32. The van der Waals surface area contributed by atoms with Crippen LogP contribution in [0.15, 0.2) is 33.3 Å². The van der Waals surface area contributed by atoms with Crippen molar-refractivity contribution in [1.29, 1.82) is 0 Å². The van der Waals surface area contributed by atoms with E-state index in [1.54, 1.807) is 0 Å². The van der Waals surface area contributed by atoms with Crippen LogP contribution in [0.25, 0.3) is 0 Å². The van der Waals surface area contributed by atoms with Crippen molar-refractivity contribution in [2.75, 3.05) is 26.3 Å². The molecule has 1 atom stereocenters. The van der Waals surface area contributed by atoms with Crippen LogP contribution in [0.5, 0.6) is 0 Å². The maximum absolute atomic E-state index is 13.4. The molecule has 1 aromatic carbocycles. The molecule has 2 saturated heterocycles. The first-order chi connectivity index (χ1) is 17.4. The lowest BCUT2D eigenvalue weighted by atomic mass is 9.76. The van der Waals surface area contributed by atoms with Gasteiger partial charge < -0.3 is 14.4 Å². The highest BCUT2D eigenvalue weighted by molar-refractivity contribution is 9.10. The molecule has 192 valence electrons. The number of hydrogen-bond donors (Lipinski definition) is 0. The van der Waals surface area contributed by atoms with Crippen molar-refractivity contribution in [3.05, 3.63) is 61.3 Å². The Kier molecular flexibility index (Phi) is 7.04. The van der Waals surface area contributed by atoms with Crippen molar-refractivity contribution in [2.24, 2.45) is 11.8 Å². The molecule has 1 amide bonds. The second-order valence-electron chi connectivity index (χ2n) is 11.0. The molecular weight excluding hydrogens is 584 g/mol. The van der Waals surface area contributed by atoms with E-state index in [-0.39, 0.29) is 11.8 Å². The number of aromatic nitrogens is 1. The SMILES string of the molecule is Cc1cc(Br)c2c(c1)CCc1cc(Br)cnc1[C@@H]2C1CCN(C(=O)C2CCC3(CC2)OCCO3)CC1. The lowest BCUT2D eigenvalue weighted by Gasteiger charge is -2.40. The van der Waals surface area contributed by atoms with Crippen LogP contribution in [0.3, 0.4) is 0 Å². The van der Waals surface area contributed by atoms with Crippen molar-refractivity contribution in [1.82, 2.24) is 9.88 Å². The number of fused-ring (bicyclic) bond motifs is 2. The number of benzene rings is 1. The number of carbonyl (C=O) groups excluding carboxylic acids is 1. The molecule has 0 radical (unpaired) electrons. The summed E-state index contributed by atoms with van der Waals surface area (Å²) in [6, 6.07) is 6.87. The topological polar surface area (TPSA) is 51.7 Å². The van der Waals surface area contributed by atoms with E-state index in [1.165, 1.54) is 32.4 Å². The highest BCUT2D eigenvalue weighted by Crippen LogP contribution is 2.46. The van der Waals surface area contributed by atoms with E-state index in [1.807, 2.05) is 6.20 Å². The summed E-state index contributed by atoms with van der Waals surface area (Å²) >= 11 is 7.57. The zero-order chi connectivity index (χ0) is 24.9. The number of pyridine rings is 1. The van der Waals surface area contributed by atoms with Gasteiger partial charge in [-0.15, -0.1) is 0 Å². The Hall–Kier alpha value is -1.28. The molecule has 1 saturated carbocycles. The summed E-state index contributed by atoms with van der Waals surface area (Å²) in [4.78, 5) is 20.6. The number of ether oxygens (including phenoxy) is 2. The third-order valence-electron chi connectivity index (χ3n) is 8.83. The van der Waals surface area contributed by atoms with Crippen LogP contribution in [-0.4, -0.2) is 47.9 Å². The highest BCUT2D eigenvalue weighted by atomic mass is 79.9. The Bertz CT molecular complexity index is 1150. The third-order valence-corrected chi connectivity index (χ3v) is 9.92. The number of aryl methyl sites for hydroxylation is 3. The summed E-state index contributed by atoms with van der Waals surface area (Å²) in [7, 11) is 0. The van der Waals surface area contributed by atoms with Gasteiger partial charge >= 0.3 is 0 Å². The van der Waals surface area contributed by atoms with Crippen LogP contribution in [0.4, 0.5) is 0 Å². The largest absolute Gasteiger partial charge is 0.348 e. The number of nitrogens with zero attached hydrogens (tertiary/aromatic N) is 2. The molecule has 1 aromatic heterocycles. The average molecular weight is 618 g/mol. The zero-order valence-corrected chi connectivity index (χ0v) is 24.1. The monoisotopic (exact) mass is 616 g/mol. The van der Waals surface area contributed by atoms with Gasteiger partial charge in [0.15, 0.2) is 5.79 Å². The van der Waals surface area contributed by atoms with E-state index in [4.69, 9.17) is 14.5 Å². The van der Waals surface area contributed by atoms with Crippen LogP contribution < -0.4 is 0 Å². The van der Waals surface area contributed by atoms with Crippen LogP contribution >= 0.6 is 31.9 Å². The van der Waals surface area contributed by atoms with Gasteiger partial charge in [0, 0.05) is 52.9 Å². The number of carbonyl (C=O) groups is 1. The number of rotatable bonds is 2. The maximum Gasteiger partial charge on any atom is 0.225 e. The van der Waals surface area contributed by atoms with Gasteiger partial charge in [-0.25, -0.2) is 0 Å². The van der Waals surface area contributed by atoms with Gasteiger partial charge in [0.05, 0.1) is 18.9 Å². The molecule has 0 N–H and O–H groups in total. The zero-order valence-electron chi connectivity index (χ0n) is 20.9. The molecule has 0 bridgehead atoms. The van der Waals surface area contributed by atoms with Crippen molar-refractivity contribution in [3.8, 4) is 0 Å². The Morgan fingerprint density at radius 3 is 2.42 bits per heavy atom. The molecule has 5 nitrogen and oxygen atoms in total. The van der Waals surface area contributed by atoms with Gasteiger partial charge in [0.2, 0.25) is 5.91 Å².